The Bertz CT molecular complexity index is 848. The zero-order chi connectivity index (χ0) is 17.3. The largest absolute Gasteiger partial charge is 0.355 e. The van der Waals surface area contributed by atoms with Crippen LogP contribution < -0.4 is 10.6 Å². The Hall–Kier alpha value is -2.25. The van der Waals surface area contributed by atoms with Crippen LogP contribution in [0.3, 0.4) is 0 Å². The molecule has 2 N–H and O–H groups in total. The monoisotopic (exact) mass is 364 g/mol. The molecule has 5 nitrogen and oxygen atoms in total. The number of likely N-dealkylation sites (N-methyl/N-ethyl adjacent to an activating group) is 1. The number of thiazole rings is 1. The fraction of sp³-hybridized carbons (Fsp3) is 0.188. The highest BCUT2D eigenvalue weighted by atomic mass is 35.5. The van der Waals surface area contributed by atoms with Crippen LogP contribution in [0.4, 0.5) is 4.39 Å². The van der Waals surface area contributed by atoms with Gasteiger partial charge in [0.15, 0.2) is 10.8 Å². The second-order valence-corrected chi connectivity index (χ2v) is 6.43. The van der Waals surface area contributed by atoms with Gasteiger partial charge in [0.1, 0.15) is 11.9 Å². The minimum atomic E-state index is -0.641. The summed E-state index contributed by atoms with van der Waals surface area (Å²) < 4.78 is 13.4. The van der Waals surface area contributed by atoms with Crippen molar-refractivity contribution in [3.8, 4) is 0 Å². The minimum Gasteiger partial charge on any atom is -0.355 e. The number of rotatable bonds is 3. The van der Waals surface area contributed by atoms with Crippen LogP contribution in [-0.4, -0.2) is 23.8 Å². The maximum atomic E-state index is 13.4. The maximum Gasteiger partial charge on any atom is 0.251 e. The van der Waals surface area contributed by atoms with Gasteiger partial charge >= 0.3 is 0 Å². The molecule has 0 spiro atoms. The molecule has 0 bridgehead atoms. The van der Waals surface area contributed by atoms with Gasteiger partial charge in [0.2, 0.25) is 0 Å². The molecule has 0 radical (unpaired) electrons. The molecule has 1 amide bonds. The quantitative estimate of drug-likeness (QED) is 0.879. The molecule has 0 aliphatic carbocycles. The van der Waals surface area contributed by atoms with Gasteiger partial charge in [-0.05, 0) is 19.1 Å². The van der Waals surface area contributed by atoms with Crippen molar-refractivity contribution in [3.63, 3.8) is 0 Å². The fourth-order valence-electron chi connectivity index (χ4n) is 2.50. The summed E-state index contributed by atoms with van der Waals surface area (Å²) in [6.07, 6.45) is 1.68. The number of hydrogen-bond donors (Lipinski definition) is 2. The van der Waals surface area contributed by atoms with Crippen molar-refractivity contribution in [3.05, 3.63) is 62.5 Å². The van der Waals surface area contributed by atoms with Crippen LogP contribution in [-0.2, 0) is 4.79 Å². The summed E-state index contributed by atoms with van der Waals surface area (Å²) in [6, 6.07) is 3.43. The number of aliphatic imine (C=N–C) groups is 1. The van der Waals surface area contributed by atoms with Crippen molar-refractivity contribution in [2.24, 2.45) is 4.99 Å². The predicted octanol–water partition coefficient (Wildman–Crippen LogP) is 3.05. The topological polar surface area (TPSA) is 66.4 Å². The Balaban J connectivity index is 2.14. The summed E-state index contributed by atoms with van der Waals surface area (Å²) in [4.78, 5) is 21.2. The fourth-order valence-corrected chi connectivity index (χ4v) is 3.36. The van der Waals surface area contributed by atoms with Crippen molar-refractivity contribution in [2.45, 2.75) is 13.0 Å². The van der Waals surface area contributed by atoms with E-state index >= 15 is 0 Å². The molecule has 1 aromatic carbocycles. The standard InChI is InChI=1S/C16H14ClFN4OS/c1-8-12(15(23)19-2)13(10-4-3-9(18)7-11(10)17)22-14(21-8)16-20-5-6-24-16/h3-7,13H,1-2H3,(H,19,23)(H,21,22). The van der Waals surface area contributed by atoms with E-state index in [1.807, 2.05) is 5.38 Å². The molecule has 2 heterocycles. The van der Waals surface area contributed by atoms with Gasteiger partial charge in [0.05, 0.1) is 5.57 Å². The van der Waals surface area contributed by atoms with Crippen molar-refractivity contribution < 1.29 is 9.18 Å². The lowest BCUT2D eigenvalue weighted by Crippen LogP contribution is -2.35. The Morgan fingerprint density at radius 1 is 1.46 bits per heavy atom. The Morgan fingerprint density at radius 2 is 2.25 bits per heavy atom. The third-order valence-corrected chi connectivity index (χ3v) is 4.71. The summed E-state index contributed by atoms with van der Waals surface area (Å²) in [5.74, 6) is -0.156. The lowest BCUT2D eigenvalue weighted by atomic mass is 9.95. The molecule has 0 saturated heterocycles. The van der Waals surface area contributed by atoms with Crippen molar-refractivity contribution in [2.75, 3.05) is 7.05 Å². The molecule has 8 heteroatoms. The van der Waals surface area contributed by atoms with Crippen LogP contribution in [0.15, 0.2) is 46.0 Å². The zero-order valence-corrected chi connectivity index (χ0v) is 14.5. The molecule has 0 fully saturated rings. The van der Waals surface area contributed by atoms with Crippen LogP contribution in [0, 0.1) is 5.82 Å². The van der Waals surface area contributed by atoms with Gasteiger partial charge in [0, 0.05) is 34.9 Å². The number of amidine groups is 1. The molecule has 1 aliphatic heterocycles. The lowest BCUT2D eigenvalue weighted by molar-refractivity contribution is -0.117. The smallest absolute Gasteiger partial charge is 0.251 e. The van der Waals surface area contributed by atoms with Crippen LogP contribution in [0.1, 0.15) is 23.5 Å². The third-order valence-electron chi connectivity index (χ3n) is 3.61. The highest BCUT2D eigenvalue weighted by Gasteiger charge is 2.31. The van der Waals surface area contributed by atoms with E-state index in [4.69, 9.17) is 11.6 Å². The molecule has 1 atom stereocenters. The molecular weight excluding hydrogens is 351 g/mol. The Kier molecular flexibility index (Phi) is 4.64. The first-order valence-electron chi connectivity index (χ1n) is 7.13. The number of carbonyl (C=O) groups excluding carboxylic acids is 1. The van der Waals surface area contributed by atoms with Crippen LogP contribution in [0.2, 0.25) is 5.02 Å². The van der Waals surface area contributed by atoms with Gasteiger partial charge in [-0.25, -0.2) is 9.37 Å². The van der Waals surface area contributed by atoms with Crippen LogP contribution >= 0.6 is 22.9 Å². The number of nitrogens with zero attached hydrogens (tertiary/aromatic N) is 2. The number of nitrogens with one attached hydrogen (secondary N) is 2. The van der Waals surface area contributed by atoms with E-state index < -0.39 is 11.9 Å². The van der Waals surface area contributed by atoms with Crippen LogP contribution in [0.5, 0.6) is 0 Å². The second-order valence-electron chi connectivity index (χ2n) is 5.13. The van der Waals surface area contributed by atoms with Gasteiger partial charge < -0.3 is 10.6 Å². The number of benzene rings is 1. The first kappa shape index (κ1) is 16.6. The number of carbonyl (C=O) groups is 1. The highest BCUT2D eigenvalue weighted by Crippen LogP contribution is 2.35. The SMILES string of the molecule is CNC(=O)C1=C(C)NC(c2nccs2)=NC1c1ccc(F)cc1Cl. The molecule has 1 aliphatic rings. The van der Waals surface area contributed by atoms with E-state index in [-0.39, 0.29) is 10.9 Å². The lowest BCUT2D eigenvalue weighted by Gasteiger charge is -2.26. The second kappa shape index (κ2) is 6.70. The first-order valence-corrected chi connectivity index (χ1v) is 8.39. The van der Waals surface area contributed by atoms with E-state index in [9.17, 15) is 9.18 Å². The molecule has 1 unspecified atom stereocenters. The van der Waals surface area contributed by atoms with Crippen molar-refractivity contribution in [1.29, 1.82) is 0 Å². The molecule has 3 rings (SSSR count). The average Bonchev–Trinajstić information content (AvgIpc) is 3.08. The normalized spacial score (nSPS) is 17.3. The van der Waals surface area contributed by atoms with Gasteiger partial charge in [-0.15, -0.1) is 11.3 Å². The molecule has 2 aromatic rings. The third kappa shape index (κ3) is 3.05. The van der Waals surface area contributed by atoms with E-state index in [0.717, 1.165) is 0 Å². The van der Waals surface area contributed by atoms with E-state index in [1.165, 1.54) is 23.5 Å². The zero-order valence-electron chi connectivity index (χ0n) is 12.9. The summed E-state index contributed by atoms with van der Waals surface area (Å²) in [6.45, 7) is 1.79. The van der Waals surface area contributed by atoms with Gasteiger partial charge in [-0.2, -0.15) is 0 Å². The van der Waals surface area contributed by atoms with E-state index in [2.05, 4.69) is 20.6 Å². The summed E-state index contributed by atoms with van der Waals surface area (Å²) in [5.41, 5.74) is 1.65. The van der Waals surface area contributed by atoms with E-state index in [0.29, 0.717) is 27.7 Å². The Morgan fingerprint density at radius 3 is 2.88 bits per heavy atom. The van der Waals surface area contributed by atoms with E-state index in [1.54, 1.807) is 26.2 Å². The Labute approximate surface area is 147 Å². The summed E-state index contributed by atoms with van der Waals surface area (Å²) >= 11 is 7.63. The number of allylic oxidation sites excluding steroid dienone is 1. The minimum absolute atomic E-state index is 0.221. The average molecular weight is 365 g/mol. The maximum absolute atomic E-state index is 13.4. The van der Waals surface area contributed by atoms with Gasteiger partial charge in [0.25, 0.3) is 5.91 Å². The number of aromatic nitrogens is 1. The number of amides is 1. The van der Waals surface area contributed by atoms with Gasteiger partial charge in [-0.3, -0.25) is 9.79 Å². The summed E-state index contributed by atoms with van der Waals surface area (Å²) in [5, 5.41) is 8.49. The highest BCUT2D eigenvalue weighted by molar-refractivity contribution is 7.11. The van der Waals surface area contributed by atoms with Crippen molar-refractivity contribution in [1.82, 2.24) is 15.6 Å². The van der Waals surface area contributed by atoms with Crippen LogP contribution in [0.25, 0.3) is 0 Å². The number of halogens is 2. The van der Waals surface area contributed by atoms with Crippen molar-refractivity contribution >= 4 is 34.7 Å². The molecule has 24 heavy (non-hydrogen) atoms. The predicted molar refractivity (Wildman–Crippen MR) is 92.7 cm³/mol. The van der Waals surface area contributed by atoms with Gasteiger partial charge in [-0.1, -0.05) is 17.7 Å². The molecular formula is C16H14ClFN4OS. The summed E-state index contributed by atoms with van der Waals surface area (Å²) in [7, 11) is 1.55. The molecule has 1 aromatic heterocycles. The number of hydrogen-bond acceptors (Lipinski definition) is 5. The first-order chi connectivity index (χ1) is 11.5. The molecule has 124 valence electrons. The molecule has 0 saturated carbocycles.